The number of aromatic nitrogens is 1. The highest BCUT2D eigenvalue weighted by molar-refractivity contribution is 14.1. The number of carbonyl (C=O) groups is 1. The molecule has 0 aliphatic carbocycles. The summed E-state index contributed by atoms with van der Waals surface area (Å²) < 4.78 is 3.20. The SMILES string of the molecule is CCCCNC(=O)CSc1nc2ccc(N=Cc3ccc(I)cc3)cc2s1. The summed E-state index contributed by atoms with van der Waals surface area (Å²) in [6.45, 7) is 2.86. The first-order valence-corrected chi connectivity index (χ1v) is 11.6. The Bertz CT molecular complexity index is 938. The Hall–Kier alpha value is -1.45. The summed E-state index contributed by atoms with van der Waals surface area (Å²) in [5, 5.41) is 2.93. The van der Waals surface area contributed by atoms with Crippen molar-refractivity contribution < 1.29 is 4.79 Å². The molecule has 140 valence electrons. The monoisotopic (exact) mass is 509 g/mol. The predicted octanol–water partition coefficient (Wildman–Crippen LogP) is 5.66. The summed E-state index contributed by atoms with van der Waals surface area (Å²) in [5.74, 6) is 0.469. The standard InChI is InChI=1S/C20H20IN3OS2/c1-2-3-10-22-19(25)13-26-20-24-17-9-8-16(11-18(17)27-20)23-12-14-4-6-15(21)7-5-14/h4-9,11-12H,2-3,10,13H2,1H3,(H,22,25). The van der Waals surface area contributed by atoms with E-state index in [4.69, 9.17) is 0 Å². The predicted molar refractivity (Wildman–Crippen MR) is 125 cm³/mol. The Balaban J connectivity index is 1.62. The zero-order valence-corrected chi connectivity index (χ0v) is 18.7. The zero-order valence-electron chi connectivity index (χ0n) is 14.9. The smallest absolute Gasteiger partial charge is 0.230 e. The van der Waals surface area contributed by atoms with Crippen LogP contribution in [0.1, 0.15) is 25.3 Å². The minimum Gasteiger partial charge on any atom is -0.355 e. The molecule has 0 saturated carbocycles. The highest BCUT2D eigenvalue weighted by Crippen LogP contribution is 2.31. The third-order valence-electron chi connectivity index (χ3n) is 3.76. The number of thiazole rings is 1. The van der Waals surface area contributed by atoms with Gasteiger partial charge < -0.3 is 5.32 Å². The molecule has 0 aliphatic heterocycles. The normalized spacial score (nSPS) is 11.3. The number of amides is 1. The Kier molecular flexibility index (Phi) is 7.66. The molecule has 0 spiro atoms. The van der Waals surface area contributed by atoms with E-state index in [9.17, 15) is 4.79 Å². The Morgan fingerprint density at radius 3 is 2.89 bits per heavy atom. The lowest BCUT2D eigenvalue weighted by molar-refractivity contribution is -0.118. The van der Waals surface area contributed by atoms with E-state index in [2.05, 4.69) is 69.1 Å². The summed E-state index contributed by atoms with van der Waals surface area (Å²) in [5.41, 5.74) is 2.92. The maximum atomic E-state index is 11.8. The van der Waals surface area contributed by atoms with Crippen molar-refractivity contribution in [2.24, 2.45) is 4.99 Å². The maximum absolute atomic E-state index is 11.8. The molecule has 0 aliphatic rings. The third-order valence-corrected chi connectivity index (χ3v) is 6.64. The zero-order chi connectivity index (χ0) is 19.1. The van der Waals surface area contributed by atoms with Gasteiger partial charge in [-0.2, -0.15) is 0 Å². The molecule has 1 N–H and O–H groups in total. The molecule has 0 fully saturated rings. The molecule has 3 rings (SSSR count). The first-order chi connectivity index (χ1) is 13.1. The Labute approximate surface area is 181 Å². The van der Waals surface area contributed by atoms with Crippen molar-refractivity contribution in [1.82, 2.24) is 10.3 Å². The molecule has 0 atom stereocenters. The van der Waals surface area contributed by atoms with Crippen LogP contribution in [0.25, 0.3) is 10.2 Å². The average molecular weight is 509 g/mol. The quantitative estimate of drug-likeness (QED) is 0.185. The summed E-state index contributed by atoms with van der Waals surface area (Å²) in [4.78, 5) is 21.0. The van der Waals surface area contributed by atoms with Crippen LogP contribution in [0, 0.1) is 3.57 Å². The molecule has 3 aromatic rings. The van der Waals surface area contributed by atoms with Crippen LogP contribution < -0.4 is 5.32 Å². The minimum absolute atomic E-state index is 0.0653. The first-order valence-electron chi connectivity index (χ1n) is 8.74. The molecule has 2 aromatic carbocycles. The second-order valence-corrected chi connectivity index (χ2v) is 9.43. The number of halogens is 1. The number of hydrogen-bond acceptors (Lipinski definition) is 5. The number of rotatable bonds is 8. The van der Waals surface area contributed by atoms with Crippen molar-refractivity contribution in [3.05, 3.63) is 51.6 Å². The number of nitrogens with one attached hydrogen (secondary N) is 1. The van der Waals surface area contributed by atoms with E-state index in [1.807, 2.05) is 24.4 Å². The van der Waals surface area contributed by atoms with Crippen LogP contribution in [0.15, 0.2) is 51.8 Å². The number of aliphatic imine (C=N–C) groups is 1. The van der Waals surface area contributed by atoms with E-state index in [0.717, 1.165) is 45.2 Å². The lowest BCUT2D eigenvalue weighted by atomic mass is 10.2. The Morgan fingerprint density at radius 1 is 1.30 bits per heavy atom. The molecule has 1 amide bonds. The van der Waals surface area contributed by atoms with Crippen LogP contribution in [-0.2, 0) is 4.79 Å². The molecule has 4 nitrogen and oxygen atoms in total. The van der Waals surface area contributed by atoms with Gasteiger partial charge in [0, 0.05) is 16.3 Å². The number of unbranched alkanes of at least 4 members (excludes halogenated alkanes) is 1. The van der Waals surface area contributed by atoms with Crippen molar-refractivity contribution in [3.63, 3.8) is 0 Å². The number of benzene rings is 2. The number of nitrogens with zero attached hydrogens (tertiary/aromatic N) is 2. The minimum atomic E-state index is 0.0653. The topological polar surface area (TPSA) is 54.4 Å². The van der Waals surface area contributed by atoms with Crippen molar-refractivity contribution >= 4 is 73.7 Å². The molecule has 0 saturated heterocycles. The third kappa shape index (κ3) is 6.29. The molecule has 0 radical (unpaired) electrons. The van der Waals surface area contributed by atoms with E-state index in [-0.39, 0.29) is 5.91 Å². The maximum Gasteiger partial charge on any atom is 0.230 e. The molecular weight excluding hydrogens is 489 g/mol. The fourth-order valence-corrected chi connectivity index (χ4v) is 4.61. The molecule has 0 unspecified atom stereocenters. The molecule has 1 aromatic heterocycles. The van der Waals surface area contributed by atoms with Crippen molar-refractivity contribution in [3.8, 4) is 0 Å². The molecule has 27 heavy (non-hydrogen) atoms. The fourth-order valence-electron chi connectivity index (χ4n) is 2.32. The summed E-state index contributed by atoms with van der Waals surface area (Å²) in [6.07, 6.45) is 3.97. The lowest BCUT2D eigenvalue weighted by Gasteiger charge is -2.01. The van der Waals surface area contributed by atoms with Gasteiger partial charge in [0.05, 0.1) is 21.7 Å². The van der Waals surface area contributed by atoms with Gasteiger partial charge in [0.2, 0.25) is 5.91 Å². The number of carbonyl (C=O) groups excluding carboxylic acids is 1. The highest BCUT2D eigenvalue weighted by Gasteiger charge is 2.08. The van der Waals surface area contributed by atoms with Gasteiger partial charge in [-0.3, -0.25) is 9.79 Å². The van der Waals surface area contributed by atoms with E-state index in [0.29, 0.717) is 5.75 Å². The van der Waals surface area contributed by atoms with Crippen LogP contribution in [-0.4, -0.2) is 29.4 Å². The lowest BCUT2D eigenvalue weighted by Crippen LogP contribution is -2.25. The van der Waals surface area contributed by atoms with Crippen LogP contribution in [0.5, 0.6) is 0 Å². The second-order valence-electron chi connectivity index (χ2n) is 5.93. The van der Waals surface area contributed by atoms with Crippen molar-refractivity contribution in [1.29, 1.82) is 0 Å². The van der Waals surface area contributed by atoms with Gasteiger partial charge >= 0.3 is 0 Å². The summed E-state index contributed by atoms with van der Waals surface area (Å²) in [6, 6.07) is 14.2. The van der Waals surface area contributed by atoms with Crippen molar-refractivity contribution in [2.75, 3.05) is 12.3 Å². The van der Waals surface area contributed by atoms with E-state index in [1.165, 1.54) is 15.3 Å². The van der Waals surface area contributed by atoms with Crippen LogP contribution in [0.2, 0.25) is 0 Å². The van der Waals surface area contributed by atoms with Gasteiger partial charge in [0.1, 0.15) is 0 Å². The van der Waals surface area contributed by atoms with E-state index >= 15 is 0 Å². The number of fused-ring (bicyclic) bond motifs is 1. The van der Waals surface area contributed by atoms with Crippen LogP contribution in [0.3, 0.4) is 0 Å². The average Bonchev–Trinajstić information content (AvgIpc) is 3.08. The van der Waals surface area contributed by atoms with Crippen LogP contribution in [0.4, 0.5) is 5.69 Å². The van der Waals surface area contributed by atoms with E-state index in [1.54, 1.807) is 11.3 Å². The highest BCUT2D eigenvalue weighted by atomic mass is 127. The van der Waals surface area contributed by atoms with Gasteiger partial charge in [-0.1, -0.05) is 37.2 Å². The molecule has 1 heterocycles. The van der Waals surface area contributed by atoms with Gasteiger partial charge in [0.15, 0.2) is 4.34 Å². The number of thioether (sulfide) groups is 1. The molecule has 0 bridgehead atoms. The molecule has 7 heteroatoms. The Morgan fingerprint density at radius 2 is 2.11 bits per heavy atom. The fraction of sp³-hybridized carbons (Fsp3) is 0.250. The van der Waals surface area contributed by atoms with Gasteiger partial charge in [0.25, 0.3) is 0 Å². The van der Waals surface area contributed by atoms with Gasteiger partial charge in [-0.05, 0) is 64.9 Å². The van der Waals surface area contributed by atoms with Gasteiger partial charge in [-0.15, -0.1) is 11.3 Å². The van der Waals surface area contributed by atoms with Crippen molar-refractivity contribution in [2.45, 2.75) is 24.1 Å². The summed E-state index contributed by atoms with van der Waals surface area (Å²) >= 11 is 5.38. The van der Waals surface area contributed by atoms with Crippen LogP contribution >= 0.6 is 45.7 Å². The van der Waals surface area contributed by atoms with E-state index < -0.39 is 0 Å². The second kappa shape index (κ2) is 10.2. The molecular formula is C20H20IN3OS2. The van der Waals surface area contributed by atoms with Gasteiger partial charge in [-0.25, -0.2) is 4.98 Å². The first kappa shape index (κ1) is 20.3. The largest absolute Gasteiger partial charge is 0.355 e. The summed E-state index contributed by atoms with van der Waals surface area (Å²) in [7, 11) is 0. The number of hydrogen-bond donors (Lipinski definition) is 1.